The van der Waals surface area contributed by atoms with Crippen LogP contribution in [-0.4, -0.2) is 27.2 Å². The second kappa shape index (κ2) is 2.11. The van der Waals surface area contributed by atoms with E-state index in [9.17, 15) is 10.0 Å². The van der Waals surface area contributed by atoms with Gasteiger partial charge in [-0.15, -0.1) is 0 Å². The largest absolute Gasteiger partial charge is 0.366 e. The molecule has 5 nitrogen and oxygen atoms in total. The number of primary amides is 1. The molecule has 1 rings (SSSR count). The molecule has 0 bridgehead atoms. The lowest BCUT2D eigenvalue weighted by Gasteiger charge is -2.15. The van der Waals surface area contributed by atoms with Crippen LogP contribution in [0.2, 0.25) is 0 Å². The summed E-state index contributed by atoms with van der Waals surface area (Å²) in [5, 5.41) is 9.26. The first-order valence-electron chi connectivity index (χ1n) is 3.39. The molecular weight excluding hydrogens is 146 g/mol. The quantitative estimate of drug-likeness (QED) is 0.330. The topological polar surface area (TPSA) is 92.4 Å². The highest BCUT2D eigenvalue weighted by atomic mass is 16.5. The van der Waals surface area contributed by atoms with Gasteiger partial charge < -0.3 is 10.9 Å². The van der Waals surface area contributed by atoms with E-state index in [1.54, 1.807) is 6.92 Å². The fourth-order valence-corrected chi connectivity index (χ4v) is 1.13. The lowest BCUT2D eigenvalue weighted by Crippen LogP contribution is -2.48. The Morgan fingerprint density at radius 3 is 2.55 bits per heavy atom. The summed E-state index contributed by atoms with van der Waals surface area (Å²) in [6, 6.07) is 0. The van der Waals surface area contributed by atoms with Crippen molar-refractivity contribution in [3.05, 3.63) is 0 Å². The van der Waals surface area contributed by atoms with Crippen LogP contribution >= 0.6 is 0 Å². The molecule has 1 unspecified atom stereocenters. The second-order valence-corrected chi connectivity index (χ2v) is 2.94. The maximum Gasteiger partial charge on any atom is 0.283 e. The summed E-state index contributed by atoms with van der Waals surface area (Å²) in [5.41, 5.74) is 9.44. The van der Waals surface area contributed by atoms with Gasteiger partial charge in [-0.1, -0.05) is 4.74 Å². The van der Waals surface area contributed by atoms with Crippen LogP contribution in [0.4, 0.5) is 0 Å². The fourth-order valence-electron chi connectivity index (χ4n) is 1.13. The molecule has 5 heteroatoms. The highest BCUT2D eigenvalue weighted by Crippen LogP contribution is 2.21. The highest BCUT2D eigenvalue weighted by molar-refractivity contribution is 5.87. The summed E-state index contributed by atoms with van der Waals surface area (Å²) in [6.07, 6.45) is 0.987. The predicted octanol–water partition coefficient (Wildman–Crippen LogP) is -1.22. The maximum atomic E-state index is 10.8. The van der Waals surface area contributed by atoms with Crippen LogP contribution in [0.25, 0.3) is 0 Å². The van der Waals surface area contributed by atoms with Gasteiger partial charge in [0, 0.05) is 6.42 Å². The van der Waals surface area contributed by atoms with Gasteiger partial charge in [0.2, 0.25) is 5.54 Å². The molecule has 1 atom stereocenters. The van der Waals surface area contributed by atoms with E-state index >= 15 is 0 Å². The highest BCUT2D eigenvalue weighted by Gasteiger charge is 2.46. The van der Waals surface area contributed by atoms with Crippen LogP contribution < -0.4 is 11.5 Å². The molecule has 0 aromatic heterocycles. The first kappa shape index (κ1) is 7.84. The van der Waals surface area contributed by atoms with Crippen LogP contribution in [0.3, 0.4) is 0 Å². The van der Waals surface area contributed by atoms with Crippen molar-refractivity contribution in [2.75, 3.05) is 0 Å². The molecule has 0 saturated heterocycles. The number of hydroxylamine groups is 1. The maximum absolute atomic E-state index is 10.8. The first-order chi connectivity index (χ1) is 4.98. The van der Waals surface area contributed by atoms with Crippen LogP contribution in [0.5, 0.6) is 0 Å². The van der Waals surface area contributed by atoms with Gasteiger partial charge >= 0.3 is 0 Å². The van der Waals surface area contributed by atoms with Gasteiger partial charge in [0.05, 0.1) is 6.42 Å². The molecule has 1 amide bonds. The van der Waals surface area contributed by atoms with E-state index in [0.717, 1.165) is 4.74 Å². The number of carbonyl (C=O) groups excluding carboxylic acids is 1. The van der Waals surface area contributed by atoms with Gasteiger partial charge in [0.1, 0.15) is 0 Å². The average molecular weight is 158 g/mol. The Hall–Kier alpha value is -1.26. The van der Waals surface area contributed by atoms with Crippen molar-refractivity contribution < 1.29 is 14.7 Å². The van der Waals surface area contributed by atoms with E-state index in [-0.39, 0.29) is 0 Å². The molecule has 0 radical (unpaired) electrons. The van der Waals surface area contributed by atoms with Gasteiger partial charge in [0.15, 0.2) is 0 Å². The molecule has 1 heterocycles. The molecule has 0 aliphatic carbocycles. The molecule has 1 aliphatic heterocycles. The van der Waals surface area contributed by atoms with E-state index in [0.29, 0.717) is 18.7 Å². The first-order valence-corrected chi connectivity index (χ1v) is 3.39. The van der Waals surface area contributed by atoms with E-state index in [1.807, 2.05) is 0 Å². The minimum atomic E-state index is -1.01. The monoisotopic (exact) mass is 158 g/mol. The Morgan fingerprint density at radius 1 is 1.82 bits per heavy atom. The molecule has 0 spiro atoms. The zero-order chi connectivity index (χ0) is 8.65. The summed E-state index contributed by atoms with van der Waals surface area (Å²) >= 11 is 0. The average Bonchev–Trinajstić information content (AvgIpc) is 2.18. The summed E-state index contributed by atoms with van der Waals surface area (Å²) < 4.78 is 0.759. The SMILES string of the molecule is CC1(C(N)=O)CCC(N)=[N+]1O. The summed E-state index contributed by atoms with van der Waals surface area (Å²) in [5.74, 6) is -0.258. The number of hydrogen-bond acceptors (Lipinski definition) is 3. The van der Waals surface area contributed by atoms with Crippen LogP contribution in [0.1, 0.15) is 19.8 Å². The lowest BCUT2D eigenvalue weighted by molar-refractivity contribution is -0.809. The minimum absolute atomic E-state index is 0.298. The molecule has 0 fully saturated rings. The Balaban J connectivity index is 3.01. The number of rotatable bonds is 1. The zero-order valence-electron chi connectivity index (χ0n) is 6.37. The predicted molar refractivity (Wildman–Crippen MR) is 38.1 cm³/mol. The molecule has 5 N–H and O–H groups in total. The number of hydrogen-bond donors (Lipinski definition) is 3. The fraction of sp³-hybridized carbons (Fsp3) is 0.667. The molecule has 0 saturated carbocycles. The van der Waals surface area contributed by atoms with Crippen molar-refractivity contribution in [2.24, 2.45) is 11.5 Å². The van der Waals surface area contributed by atoms with Crippen molar-refractivity contribution in [2.45, 2.75) is 25.3 Å². The van der Waals surface area contributed by atoms with Crippen molar-refractivity contribution >= 4 is 11.7 Å². The van der Waals surface area contributed by atoms with Crippen molar-refractivity contribution in [3.63, 3.8) is 0 Å². The zero-order valence-corrected chi connectivity index (χ0v) is 6.37. The summed E-state index contributed by atoms with van der Waals surface area (Å²) in [6.45, 7) is 1.56. The summed E-state index contributed by atoms with van der Waals surface area (Å²) in [4.78, 5) is 10.8. The van der Waals surface area contributed by atoms with Crippen molar-refractivity contribution in [1.82, 2.24) is 0 Å². The Morgan fingerprint density at radius 2 is 2.36 bits per heavy atom. The third kappa shape index (κ3) is 0.923. The number of nitrogens with two attached hydrogens (primary N) is 2. The number of amides is 1. The van der Waals surface area contributed by atoms with Gasteiger partial charge in [0.25, 0.3) is 11.7 Å². The van der Waals surface area contributed by atoms with Crippen LogP contribution in [0.15, 0.2) is 0 Å². The Labute approximate surface area is 64.3 Å². The van der Waals surface area contributed by atoms with E-state index < -0.39 is 11.4 Å². The number of amidine groups is 1. The van der Waals surface area contributed by atoms with E-state index in [2.05, 4.69) is 0 Å². The van der Waals surface area contributed by atoms with Gasteiger partial charge in [-0.25, -0.2) is 0 Å². The molecule has 0 aromatic rings. The number of carbonyl (C=O) groups is 1. The third-order valence-corrected chi connectivity index (χ3v) is 2.14. The van der Waals surface area contributed by atoms with Crippen molar-refractivity contribution in [1.29, 1.82) is 0 Å². The van der Waals surface area contributed by atoms with E-state index in [4.69, 9.17) is 11.5 Å². The summed E-state index contributed by atoms with van der Waals surface area (Å²) in [7, 11) is 0. The normalized spacial score (nSPS) is 31.0. The van der Waals surface area contributed by atoms with Gasteiger partial charge in [-0.05, 0) is 6.92 Å². The van der Waals surface area contributed by atoms with Crippen LogP contribution in [0, 0.1) is 0 Å². The third-order valence-electron chi connectivity index (χ3n) is 2.14. The number of nitrogens with zero attached hydrogens (tertiary/aromatic N) is 1. The molecular formula is C6H12N3O2+. The Bertz CT molecular complexity index is 236. The lowest BCUT2D eigenvalue weighted by atomic mass is 9.99. The van der Waals surface area contributed by atoms with Crippen molar-refractivity contribution in [3.8, 4) is 0 Å². The van der Waals surface area contributed by atoms with Crippen LogP contribution in [-0.2, 0) is 4.79 Å². The minimum Gasteiger partial charge on any atom is -0.366 e. The molecule has 62 valence electrons. The standard InChI is InChI=1S/C6H11N3O2/c1-6(5(8)10)3-2-4(7)9(6)11/h7,11H,2-3H2,1H3,(H2,8,10)/p+1. The Kier molecular flexibility index (Phi) is 1.51. The van der Waals surface area contributed by atoms with Gasteiger partial charge in [-0.2, -0.15) is 0 Å². The smallest absolute Gasteiger partial charge is 0.283 e. The van der Waals surface area contributed by atoms with E-state index in [1.165, 1.54) is 0 Å². The second-order valence-electron chi connectivity index (χ2n) is 2.94. The molecule has 11 heavy (non-hydrogen) atoms. The van der Waals surface area contributed by atoms with Gasteiger partial charge in [-0.3, -0.25) is 10.5 Å². The molecule has 1 aliphatic rings. The molecule has 0 aromatic carbocycles.